The molecule has 0 saturated carbocycles. The second kappa shape index (κ2) is 12.6. The normalized spacial score (nSPS) is 13.0. The average molecular weight is 584 g/mol. The van der Waals surface area contributed by atoms with Crippen LogP contribution in [0.2, 0.25) is 16.2 Å². The number of aromatic nitrogens is 4. The zero-order chi connectivity index (χ0) is 28.9. The highest BCUT2D eigenvalue weighted by Crippen LogP contribution is 2.41. The summed E-state index contributed by atoms with van der Waals surface area (Å²) in [6.07, 6.45) is 2.68. The van der Waals surface area contributed by atoms with Crippen LogP contribution in [0.4, 0.5) is 5.95 Å². The van der Waals surface area contributed by atoms with Crippen molar-refractivity contribution in [1.82, 2.24) is 19.5 Å². The van der Waals surface area contributed by atoms with E-state index in [1.807, 2.05) is 10.6 Å². The Morgan fingerprint density at radius 2 is 1.46 bits per heavy atom. The number of nitrogen functional groups attached to an aromatic ring is 1. The van der Waals surface area contributed by atoms with Crippen molar-refractivity contribution in [2.75, 3.05) is 12.3 Å². The summed E-state index contributed by atoms with van der Waals surface area (Å²) in [4.78, 5) is 13.0. The first-order valence-corrected chi connectivity index (χ1v) is 16.7. The van der Waals surface area contributed by atoms with Crippen LogP contribution in [-0.4, -0.2) is 34.2 Å². The van der Waals surface area contributed by atoms with Gasteiger partial charge in [-0.3, -0.25) is 0 Å². The van der Waals surface area contributed by atoms with Gasteiger partial charge in [-0.2, -0.15) is 9.97 Å². The number of hydrogen-bond acceptors (Lipinski definition) is 5. The number of anilines is 1. The minimum Gasteiger partial charge on any atom is -0.376 e. The molecule has 2 heterocycles. The maximum Gasteiger partial charge on any atom is 0.223 e. The summed E-state index contributed by atoms with van der Waals surface area (Å²) >= 11 is 6.32. The molecule has 5 aromatic rings. The lowest BCUT2D eigenvalue weighted by molar-refractivity contribution is 0.0877. The van der Waals surface area contributed by atoms with Gasteiger partial charge >= 0.3 is 0 Å². The molecular weight excluding hydrogens is 546 g/mol. The van der Waals surface area contributed by atoms with Gasteiger partial charge in [-0.15, -0.1) is 0 Å². The fraction of sp³-hybridized carbons (Fsp3) is 0.303. The lowest BCUT2D eigenvalue weighted by atomic mass is 10.1. The molecule has 1 atom stereocenters. The van der Waals surface area contributed by atoms with Gasteiger partial charge in [0.15, 0.2) is 10.8 Å². The number of halogens is 1. The third kappa shape index (κ3) is 6.37. The topological polar surface area (TPSA) is 78.9 Å². The Kier molecular flexibility index (Phi) is 8.87. The van der Waals surface area contributed by atoms with E-state index in [-0.39, 0.29) is 22.1 Å². The zero-order valence-corrected chi connectivity index (χ0v) is 25.8. The molecule has 0 aliphatic carbocycles. The van der Waals surface area contributed by atoms with E-state index in [0.717, 1.165) is 19.0 Å². The smallest absolute Gasteiger partial charge is 0.223 e. The summed E-state index contributed by atoms with van der Waals surface area (Å²) in [5, 5.41) is 3.24. The lowest BCUT2D eigenvalue weighted by Gasteiger charge is -2.46. The highest BCUT2D eigenvalue weighted by atomic mass is 35.5. The Balaban J connectivity index is 1.50. The summed E-state index contributed by atoms with van der Waals surface area (Å²) in [6.45, 7) is 9.20. The van der Waals surface area contributed by atoms with E-state index in [9.17, 15) is 0 Å². The second-order valence-corrected chi connectivity index (χ2v) is 17.0. The molecule has 0 aliphatic heterocycles. The van der Waals surface area contributed by atoms with Crippen LogP contribution in [0.3, 0.4) is 0 Å². The maximum atomic E-state index is 6.44. The molecule has 0 saturated heterocycles. The van der Waals surface area contributed by atoms with E-state index >= 15 is 0 Å². The molecule has 212 valence electrons. The summed E-state index contributed by atoms with van der Waals surface area (Å²) < 4.78 is 8.47. The monoisotopic (exact) mass is 583 g/mol. The van der Waals surface area contributed by atoms with E-state index in [4.69, 9.17) is 22.1 Å². The molecule has 8 heteroatoms. The number of imidazole rings is 1. The Morgan fingerprint density at radius 3 is 2.05 bits per heavy atom. The van der Waals surface area contributed by atoms with Crippen LogP contribution >= 0.6 is 11.6 Å². The number of fused-ring (bicyclic) bond motifs is 1. The third-order valence-electron chi connectivity index (χ3n) is 8.09. The minimum atomic E-state index is -2.31. The van der Waals surface area contributed by atoms with Gasteiger partial charge in [0.1, 0.15) is 13.6 Å². The van der Waals surface area contributed by atoms with Gasteiger partial charge in [0.2, 0.25) is 5.95 Å². The standard InChI is InChI=1S/C33H38ClN5OSi/c1-33(2,3)41(27-15-9-5-10-16-27,28-17-11-6-12-18-28)23-26(22-40-21-25-13-7-4-8-14-25)19-20-39-24-36-29-30(34)37-32(35)38-31(29)39/h4-18,24,26H,19-23H2,1-3H3,(H2,35,37,38)/t26-/m0/s1. The van der Waals surface area contributed by atoms with Gasteiger partial charge in [-0.1, -0.05) is 134 Å². The quantitative estimate of drug-likeness (QED) is 0.145. The minimum absolute atomic E-state index is 0.0598. The summed E-state index contributed by atoms with van der Waals surface area (Å²) in [5.74, 6) is 0.441. The fourth-order valence-electron chi connectivity index (χ4n) is 6.03. The molecular formula is C33H38ClN5OSi. The molecule has 0 unspecified atom stereocenters. The van der Waals surface area contributed by atoms with Crippen LogP contribution in [0.15, 0.2) is 97.3 Å². The van der Waals surface area contributed by atoms with Crippen LogP contribution < -0.4 is 16.1 Å². The van der Waals surface area contributed by atoms with Crippen molar-refractivity contribution in [3.05, 3.63) is 108 Å². The van der Waals surface area contributed by atoms with Crippen molar-refractivity contribution in [2.24, 2.45) is 5.92 Å². The molecule has 0 amide bonds. The van der Waals surface area contributed by atoms with Crippen molar-refractivity contribution in [1.29, 1.82) is 0 Å². The molecule has 2 aromatic heterocycles. The van der Waals surface area contributed by atoms with Crippen molar-refractivity contribution < 1.29 is 4.74 Å². The first-order valence-electron chi connectivity index (χ1n) is 14.1. The second-order valence-electron chi connectivity index (χ2n) is 11.7. The Labute approximate surface area is 248 Å². The Bertz CT molecular complexity index is 1520. The van der Waals surface area contributed by atoms with Crippen molar-refractivity contribution in [3.8, 4) is 0 Å². The van der Waals surface area contributed by atoms with Gasteiger partial charge < -0.3 is 15.0 Å². The molecule has 6 nitrogen and oxygen atoms in total. The number of ether oxygens (including phenoxy) is 1. The van der Waals surface area contributed by atoms with Crippen LogP contribution in [-0.2, 0) is 17.9 Å². The van der Waals surface area contributed by atoms with Crippen LogP contribution in [0.25, 0.3) is 11.2 Å². The molecule has 0 bridgehead atoms. The maximum absolute atomic E-state index is 6.44. The predicted molar refractivity (Wildman–Crippen MR) is 171 cm³/mol. The zero-order valence-electron chi connectivity index (χ0n) is 24.0. The van der Waals surface area contributed by atoms with E-state index in [0.29, 0.717) is 24.4 Å². The first-order chi connectivity index (χ1) is 19.8. The molecule has 0 fully saturated rings. The molecule has 41 heavy (non-hydrogen) atoms. The van der Waals surface area contributed by atoms with Crippen molar-refractivity contribution in [3.63, 3.8) is 0 Å². The molecule has 3 aromatic carbocycles. The predicted octanol–water partition coefficient (Wildman–Crippen LogP) is 6.35. The van der Waals surface area contributed by atoms with Crippen LogP contribution in [0.1, 0.15) is 32.8 Å². The SMILES string of the molecule is CC(C)(C)[Si](C[C@@H](CCn1cnc2c(Cl)nc(N)nc21)COCc1ccccc1)(c1ccccc1)c1ccccc1. The van der Waals surface area contributed by atoms with E-state index in [2.05, 4.69) is 121 Å². The molecule has 0 radical (unpaired) electrons. The number of hydrogen-bond donors (Lipinski definition) is 1. The number of rotatable bonds is 11. The number of aryl methyl sites for hydroxylation is 1. The highest BCUT2D eigenvalue weighted by Gasteiger charge is 2.48. The Morgan fingerprint density at radius 1 is 0.878 bits per heavy atom. The molecule has 5 rings (SSSR count). The number of nitrogens with zero attached hydrogens (tertiary/aromatic N) is 4. The molecule has 0 spiro atoms. The molecule has 2 N–H and O–H groups in total. The summed E-state index contributed by atoms with van der Waals surface area (Å²) in [6, 6.07) is 33.7. The average Bonchev–Trinajstić information content (AvgIpc) is 3.38. The van der Waals surface area contributed by atoms with Crippen LogP contribution in [0, 0.1) is 5.92 Å². The lowest BCUT2D eigenvalue weighted by Crippen LogP contribution is -2.65. The van der Waals surface area contributed by atoms with Crippen LogP contribution in [0.5, 0.6) is 0 Å². The van der Waals surface area contributed by atoms with Crippen molar-refractivity contribution in [2.45, 2.75) is 51.4 Å². The van der Waals surface area contributed by atoms with Gasteiger partial charge in [-0.05, 0) is 29.0 Å². The first kappa shape index (κ1) is 29.0. The van der Waals surface area contributed by atoms with Gasteiger partial charge in [0.25, 0.3) is 0 Å². The van der Waals surface area contributed by atoms with E-state index in [1.54, 1.807) is 6.33 Å². The van der Waals surface area contributed by atoms with E-state index < -0.39 is 8.07 Å². The molecule has 0 aliphatic rings. The summed E-state index contributed by atoms with van der Waals surface area (Å²) in [7, 11) is -2.31. The van der Waals surface area contributed by atoms with Crippen molar-refractivity contribution >= 4 is 47.2 Å². The third-order valence-corrected chi connectivity index (χ3v) is 14.7. The largest absolute Gasteiger partial charge is 0.376 e. The van der Waals surface area contributed by atoms with Gasteiger partial charge in [0, 0.05) is 13.2 Å². The Hall–Kier alpha value is -3.52. The van der Waals surface area contributed by atoms with E-state index in [1.165, 1.54) is 15.9 Å². The fourth-order valence-corrected chi connectivity index (χ4v) is 12.1. The number of nitrogens with two attached hydrogens (primary N) is 1. The number of benzene rings is 3. The highest BCUT2D eigenvalue weighted by molar-refractivity contribution is 7.04. The summed E-state index contributed by atoms with van der Waals surface area (Å²) in [5.41, 5.74) is 8.34. The van der Waals surface area contributed by atoms with Gasteiger partial charge in [0.05, 0.1) is 12.9 Å². The van der Waals surface area contributed by atoms with Gasteiger partial charge in [-0.25, -0.2) is 4.98 Å².